The Bertz CT molecular complexity index is 1280. The molecule has 4 aliphatic carbocycles. The number of fused-ring (bicyclic) bond motifs is 2. The number of ether oxygens (including phenoxy) is 4. The number of anilines is 1. The minimum Gasteiger partial charge on any atom is -0.466 e. The van der Waals surface area contributed by atoms with Crippen LogP contribution in [-0.2, 0) is 46.2 Å². The molecule has 10 radical (unpaired) electrons. The number of hydrogen-bond donors (Lipinski definition) is 1. The van der Waals surface area contributed by atoms with Crippen LogP contribution >= 0.6 is 0 Å². The largest absolute Gasteiger partial charge is 2.00 e. The number of para-hydroxylation sites is 1. The summed E-state index contributed by atoms with van der Waals surface area (Å²) in [6.07, 6.45) is 22.4. The topological polar surface area (TPSA) is 69.3 Å². The molecule has 3 aliphatic heterocycles. The monoisotopic (exact) mass is 694 g/mol. The number of esters is 1. The molecule has 0 amide bonds. The fourth-order valence-corrected chi connectivity index (χ4v) is 9.71. The maximum atomic E-state index is 13.5. The van der Waals surface area contributed by atoms with Gasteiger partial charge in [-0.2, -0.15) is 0 Å². The molecule has 0 aromatic heterocycles. The van der Waals surface area contributed by atoms with Gasteiger partial charge in [-0.1, -0.05) is 32.0 Å². The molecule has 5 fully saturated rings. The normalized spacial score (nSPS) is 32.0. The molecule has 1 N–H and O–H groups in total. The zero-order valence-electron chi connectivity index (χ0n) is 28.7. The van der Waals surface area contributed by atoms with E-state index in [0.717, 1.165) is 49.2 Å². The molecule has 3 saturated carbocycles. The minimum absolute atomic E-state index is 0. The number of likely N-dealkylation sites (tertiary alicyclic amines) is 1. The second-order valence-corrected chi connectivity index (χ2v) is 14.6. The van der Waals surface area contributed by atoms with Gasteiger partial charge in [-0.05, 0) is 119 Å². The number of nitrogens with zero attached hydrogens (tertiary/aromatic N) is 1. The van der Waals surface area contributed by atoms with Crippen LogP contribution in [0.15, 0.2) is 35.5 Å². The van der Waals surface area contributed by atoms with Gasteiger partial charge in [0, 0.05) is 55.6 Å². The van der Waals surface area contributed by atoms with Gasteiger partial charge in [0.15, 0.2) is 6.29 Å². The third kappa shape index (κ3) is 6.57. The van der Waals surface area contributed by atoms with Gasteiger partial charge in [0.2, 0.25) is 0 Å². The van der Waals surface area contributed by atoms with E-state index in [4.69, 9.17) is 18.9 Å². The van der Waals surface area contributed by atoms with Crippen molar-refractivity contribution < 1.29 is 40.8 Å². The van der Waals surface area contributed by atoms with Gasteiger partial charge in [-0.25, -0.2) is 4.79 Å². The zero-order chi connectivity index (χ0) is 32.6. The van der Waals surface area contributed by atoms with E-state index in [0.29, 0.717) is 32.3 Å². The molecule has 256 valence electrons. The van der Waals surface area contributed by atoms with Crippen LogP contribution in [-0.4, -0.2) is 69.8 Å². The Kier molecular flexibility index (Phi) is 11.7. The fourth-order valence-electron chi connectivity index (χ4n) is 9.71. The smallest absolute Gasteiger partial charge is 0.466 e. The molecule has 1 unspecified atom stereocenters. The van der Waals surface area contributed by atoms with Crippen molar-refractivity contribution in [3.05, 3.63) is 104 Å². The first-order chi connectivity index (χ1) is 22.9. The molecule has 8 heteroatoms. The molecule has 1 aromatic rings. The second-order valence-electron chi connectivity index (χ2n) is 14.6. The standard InChI is InChI=1S/C35H45N2O5.C5H5.Fe/c1-34(2)14-12-22-8-7-9-25(22)31(34)37-16-15-35-27-10-5-6-11-28(27)36-29(35)26(32(38)40-4)21-24(30(35)37)20-23(13-17-39-3)33-41-18-19-42-33;1-2-4-5-3-1;/h5-11,23-24,30-31,33,36H,12-21H2,1-4H3;1-5H;/q;;+2/t23?,24-,30+,31-,35+;;/m1../s1. The van der Waals surface area contributed by atoms with Crippen molar-refractivity contribution in [2.24, 2.45) is 17.3 Å². The maximum absolute atomic E-state index is 13.5. The molecule has 7 nitrogen and oxygen atoms in total. The van der Waals surface area contributed by atoms with Gasteiger partial charge in [0.25, 0.3) is 0 Å². The molecule has 1 aromatic carbocycles. The van der Waals surface area contributed by atoms with Crippen molar-refractivity contribution in [3.8, 4) is 0 Å². The van der Waals surface area contributed by atoms with Crippen LogP contribution in [0.5, 0.6) is 0 Å². The summed E-state index contributed by atoms with van der Waals surface area (Å²) in [5.41, 5.74) is 4.13. The number of benzene rings is 1. The third-order valence-electron chi connectivity index (χ3n) is 11.6. The number of hydrogen-bond acceptors (Lipinski definition) is 7. The zero-order valence-corrected chi connectivity index (χ0v) is 29.8. The van der Waals surface area contributed by atoms with E-state index >= 15 is 0 Å². The van der Waals surface area contributed by atoms with Crippen LogP contribution in [0, 0.1) is 80.5 Å². The van der Waals surface area contributed by atoms with Crippen molar-refractivity contribution in [2.75, 3.05) is 45.9 Å². The van der Waals surface area contributed by atoms with E-state index in [2.05, 4.69) is 67.6 Å². The Morgan fingerprint density at radius 3 is 2.46 bits per heavy atom. The quantitative estimate of drug-likeness (QED) is 0.254. The maximum Gasteiger partial charge on any atom is 2.00 e. The first-order valence-electron chi connectivity index (χ1n) is 17.5. The van der Waals surface area contributed by atoms with Crippen LogP contribution in [0.25, 0.3) is 0 Å². The number of nitrogens with one attached hydrogen (secondary N) is 1. The van der Waals surface area contributed by atoms with E-state index in [1.54, 1.807) is 7.11 Å². The number of carbonyl (C=O) groups excluding carboxylic acids is 1. The Morgan fingerprint density at radius 2 is 1.75 bits per heavy atom. The Balaban J connectivity index is 0.000000615. The molecule has 7 aliphatic rings. The van der Waals surface area contributed by atoms with Gasteiger partial charge in [-0.3, -0.25) is 4.90 Å². The summed E-state index contributed by atoms with van der Waals surface area (Å²) in [7, 11) is 3.27. The van der Waals surface area contributed by atoms with Gasteiger partial charge in [-0.15, -0.1) is 0 Å². The molecule has 5 atom stereocenters. The molecule has 2 saturated heterocycles. The van der Waals surface area contributed by atoms with E-state index in [1.807, 2.05) is 32.1 Å². The number of carbonyl (C=O) groups is 1. The van der Waals surface area contributed by atoms with Crippen molar-refractivity contribution >= 4 is 11.7 Å². The predicted octanol–water partition coefficient (Wildman–Crippen LogP) is 6.27. The van der Waals surface area contributed by atoms with Crippen LogP contribution < -0.4 is 5.32 Å². The summed E-state index contributed by atoms with van der Waals surface area (Å²) in [4.78, 5) is 16.4. The van der Waals surface area contributed by atoms with Crippen molar-refractivity contribution in [2.45, 2.75) is 76.2 Å². The van der Waals surface area contributed by atoms with Gasteiger partial charge < -0.3 is 24.3 Å². The number of rotatable bonds is 8. The minimum atomic E-state index is -0.299. The summed E-state index contributed by atoms with van der Waals surface area (Å²) < 4.78 is 23.2. The average molecular weight is 695 g/mol. The molecular weight excluding hydrogens is 644 g/mol. The van der Waals surface area contributed by atoms with Crippen LogP contribution in [0.3, 0.4) is 0 Å². The SMILES string of the molecule is COCCC(C[C@@H]1CC(C(=O)OC)=C2Nc3ccccc3[C@@]23CCN([C@@H]2[C]4[CH][CH][CH][C]4CCC2(C)C)[C@@H]13)C1OCCO1.[CH]1[CH][CH][CH][CH]1.[Fe+2]. The van der Waals surface area contributed by atoms with E-state index in [-0.39, 0.29) is 58.0 Å². The van der Waals surface area contributed by atoms with Gasteiger partial charge in [0.1, 0.15) is 0 Å². The summed E-state index contributed by atoms with van der Waals surface area (Å²) in [6.45, 7) is 7.80. The van der Waals surface area contributed by atoms with E-state index in [1.165, 1.54) is 30.9 Å². The first-order valence-corrected chi connectivity index (χ1v) is 17.5. The summed E-state index contributed by atoms with van der Waals surface area (Å²) in [5, 5.41) is 3.77. The average Bonchev–Trinajstić information content (AvgIpc) is 3.93. The summed E-state index contributed by atoms with van der Waals surface area (Å²) in [6, 6.07) is 9.23. The molecule has 8 rings (SSSR count). The van der Waals surface area contributed by atoms with Crippen LogP contribution in [0.2, 0.25) is 0 Å². The Labute approximate surface area is 300 Å². The number of methoxy groups -OCH3 is 2. The van der Waals surface area contributed by atoms with Crippen molar-refractivity contribution in [1.82, 2.24) is 4.90 Å². The Hall–Kier alpha value is -1.41. The first kappa shape index (κ1) is 36.4. The fraction of sp³-hybridized carbons (Fsp3) is 0.525. The van der Waals surface area contributed by atoms with Crippen LogP contribution in [0.1, 0.15) is 57.9 Å². The predicted molar refractivity (Wildman–Crippen MR) is 182 cm³/mol. The van der Waals surface area contributed by atoms with Crippen LogP contribution in [0.4, 0.5) is 5.69 Å². The summed E-state index contributed by atoms with van der Waals surface area (Å²) >= 11 is 0. The van der Waals surface area contributed by atoms with Crippen molar-refractivity contribution in [3.63, 3.8) is 0 Å². The molecule has 0 bridgehead atoms. The van der Waals surface area contributed by atoms with E-state index in [9.17, 15) is 4.79 Å². The third-order valence-corrected chi connectivity index (χ3v) is 11.6. The van der Waals surface area contributed by atoms with Gasteiger partial charge >= 0.3 is 23.0 Å². The van der Waals surface area contributed by atoms with E-state index < -0.39 is 0 Å². The van der Waals surface area contributed by atoms with Crippen molar-refractivity contribution in [1.29, 1.82) is 0 Å². The summed E-state index contributed by atoms with van der Waals surface area (Å²) in [5.74, 6) is 3.16. The molecular formula is C40H50FeN2O5+2. The molecule has 48 heavy (non-hydrogen) atoms. The Morgan fingerprint density at radius 1 is 1.02 bits per heavy atom. The van der Waals surface area contributed by atoms with Gasteiger partial charge in [0.05, 0.1) is 31.3 Å². The molecule has 1 spiro atoms. The molecule has 3 heterocycles. The second kappa shape index (κ2) is 15.5.